The second kappa shape index (κ2) is 4.61. The predicted octanol–water partition coefficient (Wildman–Crippen LogP) is 3.49. The summed E-state index contributed by atoms with van der Waals surface area (Å²) in [5.41, 5.74) is 0.793. The lowest BCUT2D eigenvalue weighted by molar-refractivity contribution is 0.199. The second-order valence-corrected chi connectivity index (χ2v) is 5.97. The van der Waals surface area contributed by atoms with Crippen LogP contribution < -0.4 is 0 Å². The molecule has 0 amide bonds. The Morgan fingerprint density at radius 2 is 2.00 bits per heavy atom. The van der Waals surface area contributed by atoms with Crippen molar-refractivity contribution in [2.45, 2.75) is 9.84 Å². The Labute approximate surface area is 93.0 Å². The van der Waals surface area contributed by atoms with Gasteiger partial charge < -0.3 is 5.11 Å². The fourth-order valence-electron chi connectivity index (χ4n) is 0.836. The molecule has 0 heterocycles. The quantitative estimate of drug-likeness (QED) is 0.829. The lowest BCUT2D eigenvalue weighted by Crippen LogP contribution is -2.04. The molecule has 0 fully saturated rings. The van der Waals surface area contributed by atoms with Crippen LogP contribution in [0.1, 0.15) is 11.7 Å². The summed E-state index contributed by atoms with van der Waals surface area (Å²) in [4.78, 5) is 0. The van der Waals surface area contributed by atoms with Gasteiger partial charge in [0.25, 0.3) is 0 Å². The minimum Gasteiger partial charge on any atom is -0.386 e. The van der Waals surface area contributed by atoms with Crippen molar-refractivity contribution in [2.75, 3.05) is 0 Å². The van der Waals surface area contributed by atoms with Gasteiger partial charge in [-0.3, -0.25) is 0 Å². The minimum absolute atomic E-state index is 0.150. The first-order chi connectivity index (χ1) is 5.61. The van der Waals surface area contributed by atoms with Crippen LogP contribution in [-0.2, 0) is 0 Å². The fraction of sp³-hybridized carbons (Fsp3) is 0.250. The highest BCUT2D eigenvalue weighted by atomic mass is 79.9. The molecule has 1 rings (SSSR count). The zero-order valence-electron chi connectivity index (χ0n) is 6.05. The summed E-state index contributed by atoms with van der Waals surface area (Å²) in [6, 6.07) is 7.15. The van der Waals surface area contributed by atoms with E-state index in [-0.39, 0.29) is 3.74 Å². The van der Waals surface area contributed by atoms with Gasteiger partial charge in [0.05, 0.1) is 3.74 Å². The molecule has 1 atom stereocenters. The molecule has 0 aliphatic carbocycles. The normalized spacial score (nSPS) is 13.4. The number of aliphatic hydroxyl groups excluding tert-OH is 1. The van der Waals surface area contributed by atoms with Crippen molar-refractivity contribution in [1.82, 2.24) is 0 Å². The molecule has 0 spiro atoms. The van der Waals surface area contributed by atoms with E-state index in [0.717, 1.165) is 5.56 Å². The molecule has 0 aliphatic rings. The maximum Gasteiger partial charge on any atom is 0.101 e. The molecule has 0 aromatic heterocycles. The fourth-order valence-corrected chi connectivity index (χ4v) is 1.65. The monoisotopic (exact) mass is 312 g/mol. The molecule has 66 valence electrons. The summed E-state index contributed by atoms with van der Waals surface area (Å²) >= 11 is 12.2. The van der Waals surface area contributed by atoms with Crippen LogP contribution in [0.5, 0.6) is 0 Å². The first-order valence-electron chi connectivity index (χ1n) is 3.33. The number of halogens is 3. The van der Waals surface area contributed by atoms with Crippen LogP contribution in [-0.4, -0.2) is 8.84 Å². The predicted molar refractivity (Wildman–Crippen MR) is 58.1 cm³/mol. The SMILES string of the molecule is OC(c1cccc(Cl)c1)C(Br)Br. The standard InChI is InChI=1S/C8H7Br2ClO/c9-8(10)7(12)5-2-1-3-6(11)4-5/h1-4,7-8,12H. The third kappa shape index (κ3) is 2.73. The Kier molecular flexibility index (Phi) is 4.03. The molecule has 1 aromatic carbocycles. The van der Waals surface area contributed by atoms with Gasteiger partial charge in [0.15, 0.2) is 0 Å². The Hall–Kier alpha value is 0.430. The third-order valence-corrected chi connectivity index (χ3v) is 2.67. The molecule has 1 nitrogen and oxygen atoms in total. The van der Waals surface area contributed by atoms with Crippen LogP contribution in [0.25, 0.3) is 0 Å². The van der Waals surface area contributed by atoms with Gasteiger partial charge in [-0.15, -0.1) is 0 Å². The van der Waals surface area contributed by atoms with Crippen LogP contribution in [0.2, 0.25) is 5.02 Å². The maximum absolute atomic E-state index is 9.57. The molecule has 12 heavy (non-hydrogen) atoms. The van der Waals surface area contributed by atoms with Gasteiger partial charge in [-0.2, -0.15) is 0 Å². The number of alkyl halides is 2. The summed E-state index contributed by atoms with van der Waals surface area (Å²) in [5, 5.41) is 10.2. The summed E-state index contributed by atoms with van der Waals surface area (Å²) in [6.45, 7) is 0. The molecule has 1 aromatic rings. The number of rotatable bonds is 2. The van der Waals surface area contributed by atoms with Crippen LogP contribution >= 0.6 is 43.5 Å². The Morgan fingerprint density at radius 3 is 2.50 bits per heavy atom. The highest BCUT2D eigenvalue weighted by Gasteiger charge is 2.14. The maximum atomic E-state index is 9.57. The van der Waals surface area contributed by atoms with E-state index in [1.165, 1.54) is 0 Å². The Morgan fingerprint density at radius 1 is 1.33 bits per heavy atom. The lowest BCUT2D eigenvalue weighted by atomic mass is 10.1. The van der Waals surface area contributed by atoms with Gasteiger partial charge in [-0.25, -0.2) is 0 Å². The van der Waals surface area contributed by atoms with Gasteiger partial charge in [-0.1, -0.05) is 55.6 Å². The average molecular weight is 314 g/mol. The van der Waals surface area contributed by atoms with E-state index in [1.54, 1.807) is 12.1 Å². The van der Waals surface area contributed by atoms with Crippen molar-refractivity contribution in [3.63, 3.8) is 0 Å². The van der Waals surface area contributed by atoms with Gasteiger partial charge in [0.2, 0.25) is 0 Å². The van der Waals surface area contributed by atoms with Gasteiger partial charge in [0.1, 0.15) is 6.10 Å². The Balaban J connectivity index is 2.88. The molecule has 0 saturated carbocycles. The molecular weight excluding hydrogens is 307 g/mol. The number of aliphatic hydroxyl groups is 1. The largest absolute Gasteiger partial charge is 0.386 e. The molecule has 0 radical (unpaired) electrons. The molecule has 1 unspecified atom stereocenters. The molecule has 1 N–H and O–H groups in total. The molecule has 4 heteroatoms. The third-order valence-electron chi connectivity index (χ3n) is 1.43. The van der Waals surface area contributed by atoms with E-state index < -0.39 is 6.10 Å². The van der Waals surface area contributed by atoms with Gasteiger partial charge in [0, 0.05) is 5.02 Å². The zero-order chi connectivity index (χ0) is 9.14. The van der Waals surface area contributed by atoms with Crippen LogP contribution in [0.3, 0.4) is 0 Å². The minimum atomic E-state index is -0.580. The topological polar surface area (TPSA) is 20.2 Å². The summed E-state index contributed by atoms with van der Waals surface area (Å²) < 4.78 is -0.150. The first-order valence-corrected chi connectivity index (χ1v) is 5.54. The van der Waals surface area contributed by atoms with Crippen LogP contribution in [0.15, 0.2) is 24.3 Å². The summed E-state index contributed by atoms with van der Waals surface area (Å²) in [6.07, 6.45) is -0.580. The van der Waals surface area contributed by atoms with Crippen LogP contribution in [0, 0.1) is 0 Å². The Bertz CT molecular complexity index is 265. The summed E-state index contributed by atoms with van der Waals surface area (Å²) in [7, 11) is 0. The highest BCUT2D eigenvalue weighted by molar-refractivity contribution is 9.24. The molecule has 0 aliphatic heterocycles. The van der Waals surface area contributed by atoms with Crippen molar-refractivity contribution in [1.29, 1.82) is 0 Å². The van der Waals surface area contributed by atoms with Gasteiger partial charge in [-0.05, 0) is 17.7 Å². The average Bonchev–Trinajstić information content (AvgIpc) is 2.03. The van der Waals surface area contributed by atoms with Crippen molar-refractivity contribution in [3.8, 4) is 0 Å². The molecule has 0 saturated heterocycles. The van der Waals surface area contributed by atoms with E-state index in [9.17, 15) is 5.11 Å². The first kappa shape index (κ1) is 10.5. The molecule has 0 bridgehead atoms. The summed E-state index contributed by atoms with van der Waals surface area (Å²) in [5.74, 6) is 0. The van der Waals surface area contributed by atoms with E-state index in [4.69, 9.17) is 11.6 Å². The second-order valence-electron chi connectivity index (χ2n) is 2.33. The highest BCUT2D eigenvalue weighted by Crippen LogP contribution is 2.27. The van der Waals surface area contributed by atoms with Gasteiger partial charge >= 0.3 is 0 Å². The van der Waals surface area contributed by atoms with Crippen molar-refractivity contribution in [3.05, 3.63) is 34.9 Å². The number of hydrogen-bond donors (Lipinski definition) is 1. The van der Waals surface area contributed by atoms with E-state index in [0.29, 0.717) is 5.02 Å². The smallest absolute Gasteiger partial charge is 0.101 e. The number of benzene rings is 1. The molecular formula is C8H7Br2ClO. The van der Waals surface area contributed by atoms with Crippen molar-refractivity contribution < 1.29 is 5.11 Å². The van der Waals surface area contributed by atoms with Crippen molar-refractivity contribution >= 4 is 43.5 Å². The van der Waals surface area contributed by atoms with E-state index >= 15 is 0 Å². The van der Waals surface area contributed by atoms with E-state index in [1.807, 2.05) is 12.1 Å². The van der Waals surface area contributed by atoms with Crippen molar-refractivity contribution in [2.24, 2.45) is 0 Å². The number of hydrogen-bond acceptors (Lipinski definition) is 1. The van der Waals surface area contributed by atoms with E-state index in [2.05, 4.69) is 31.9 Å². The zero-order valence-corrected chi connectivity index (χ0v) is 9.97. The van der Waals surface area contributed by atoms with Crippen LogP contribution in [0.4, 0.5) is 0 Å². The lowest BCUT2D eigenvalue weighted by Gasteiger charge is -2.11.